The lowest BCUT2D eigenvalue weighted by Gasteiger charge is -2.32. The largest absolute Gasteiger partial charge is 0.491 e. The minimum Gasteiger partial charge on any atom is -0.491 e. The predicted molar refractivity (Wildman–Crippen MR) is 94.3 cm³/mol. The lowest BCUT2D eigenvalue weighted by atomic mass is 10.1. The van der Waals surface area contributed by atoms with Crippen molar-refractivity contribution < 1.29 is 14.3 Å². The lowest BCUT2D eigenvalue weighted by molar-refractivity contribution is -0.139. The van der Waals surface area contributed by atoms with Crippen LogP contribution in [0.1, 0.15) is 17.2 Å². The topological polar surface area (TPSA) is 50.8 Å². The number of hydrogen-bond donors (Lipinski definition) is 1. The van der Waals surface area contributed by atoms with Gasteiger partial charge in [-0.05, 0) is 11.6 Å². The fraction of sp³-hybridized carbons (Fsp3) is 0.350. The van der Waals surface area contributed by atoms with Crippen molar-refractivity contribution in [3.63, 3.8) is 0 Å². The third-order valence-corrected chi connectivity index (χ3v) is 4.71. The molecule has 1 fully saturated rings. The molecular weight excluding hydrogens is 316 g/mol. The average Bonchev–Trinajstić information content (AvgIpc) is 3.06. The minimum atomic E-state index is -0.440. The molecule has 25 heavy (non-hydrogen) atoms. The number of fused-ring (bicyclic) bond motifs is 1. The van der Waals surface area contributed by atoms with Crippen LogP contribution in [0, 0.1) is 0 Å². The van der Waals surface area contributed by atoms with Crippen LogP contribution in [-0.4, -0.2) is 43.2 Å². The molecule has 1 amide bonds. The molecule has 5 nitrogen and oxygen atoms in total. The number of morpholine rings is 1. The van der Waals surface area contributed by atoms with Crippen LogP contribution in [0.3, 0.4) is 0 Å². The fourth-order valence-electron chi connectivity index (χ4n) is 3.39. The molecule has 2 aromatic rings. The lowest BCUT2D eigenvalue weighted by Crippen LogP contribution is -2.50. The van der Waals surface area contributed by atoms with Crippen molar-refractivity contribution in [2.45, 2.75) is 18.7 Å². The Labute approximate surface area is 147 Å². The number of ether oxygens (including phenoxy) is 2. The molecule has 2 aliphatic heterocycles. The van der Waals surface area contributed by atoms with Crippen molar-refractivity contribution in [3.05, 3.63) is 65.7 Å². The smallest absolute Gasteiger partial charge is 0.251 e. The van der Waals surface area contributed by atoms with Crippen molar-refractivity contribution in [1.29, 1.82) is 0 Å². The number of benzene rings is 2. The first-order valence-corrected chi connectivity index (χ1v) is 8.69. The highest BCUT2D eigenvalue weighted by atomic mass is 16.5. The summed E-state index contributed by atoms with van der Waals surface area (Å²) in [6.07, 6.45) is -0.440. The Morgan fingerprint density at radius 1 is 1.12 bits per heavy atom. The second kappa shape index (κ2) is 7.25. The van der Waals surface area contributed by atoms with E-state index in [1.807, 2.05) is 42.5 Å². The highest BCUT2D eigenvalue weighted by Crippen LogP contribution is 2.31. The molecule has 2 aliphatic rings. The van der Waals surface area contributed by atoms with Gasteiger partial charge in [0.25, 0.3) is 5.91 Å². The Morgan fingerprint density at radius 3 is 2.80 bits per heavy atom. The van der Waals surface area contributed by atoms with Gasteiger partial charge in [0.15, 0.2) is 0 Å². The van der Waals surface area contributed by atoms with Gasteiger partial charge in [0, 0.05) is 25.2 Å². The fourth-order valence-corrected chi connectivity index (χ4v) is 3.39. The van der Waals surface area contributed by atoms with E-state index < -0.39 is 6.10 Å². The molecule has 1 N–H and O–H groups in total. The van der Waals surface area contributed by atoms with Crippen molar-refractivity contribution >= 4 is 5.91 Å². The van der Waals surface area contributed by atoms with Gasteiger partial charge in [0.05, 0.1) is 12.6 Å². The summed E-state index contributed by atoms with van der Waals surface area (Å²) in [6.45, 7) is 3.33. The summed E-state index contributed by atoms with van der Waals surface area (Å²) in [5, 5.41) is 3.07. The van der Waals surface area contributed by atoms with Crippen LogP contribution in [-0.2, 0) is 16.1 Å². The molecule has 2 aromatic carbocycles. The van der Waals surface area contributed by atoms with Crippen LogP contribution < -0.4 is 10.1 Å². The Kier molecular flexibility index (Phi) is 4.68. The Hall–Kier alpha value is -2.37. The molecule has 0 radical (unpaired) electrons. The van der Waals surface area contributed by atoms with E-state index in [0.717, 1.165) is 24.4 Å². The standard InChI is InChI=1S/C20H22N2O3/c23-20(21-17-14-25-18-9-5-4-8-16(17)18)19-13-22(10-11-24-19)12-15-6-2-1-3-7-15/h1-9,17,19H,10-14H2,(H,21,23)/t17-,19-/m0/s1. The van der Waals surface area contributed by atoms with E-state index in [1.54, 1.807) is 0 Å². The molecule has 0 bridgehead atoms. The molecule has 0 spiro atoms. The van der Waals surface area contributed by atoms with E-state index in [9.17, 15) is 4.79 Å². The third-order valence-electron chi connectivity index (χ3n) is 4.71. The Bertz CT molecular complexity index is 735. The first kappa shape index (κ1) is 16.1. The summed E-state index contributed by atoms with van der Waals surface area (Å²) in [6, 6.07) is 18.0. The molecule has 1 saturated heterocycles. The number of carbonyl (C=O) groups is 1. The van der Waals surface area contributed by atoms with Gasteiger partial charge in [0.1, 0.15) is 18.5 Å². The SMILES string of the molecule is O=C(N[C@H]1COc2ccccc21)[C@@H]1CN(Cc2ccccc2)CCO1. The van der Waals surface area contributed by atoms with E-state index in [-0.39, 0.29) is 11.9 Å². The molecule has 2 atom stereocenters. The molecule has 4 rings (SSSR count). The van der Waals surface area contributed by atoms with Crippen LogP contribution in [0.2, 0.25) is 0 Å². The normalized spacial score (nSPS) is 22.9. The predicted octanol–water partition coefficient (Wildman–Crippen LogP) is 2.14. The van der Waals surface area contributed by atoms with Gasteiger partial charge < -0.3 is 14.8 Å². The summed E-state index contributed by atoms with van der Waals surface area (Å²) >= 11 is 0. The quantitative estimate of drug-likeness (QED) is 0.928. The molecule has 2 heterocycles. The zero-order chi connectivity index (χ0) is 17.1. The number of para-hydroxylation sites is 1. The third kappa shape index (κ3) is 3.67. The van der Waals surface area contributed by atoms with Crippen LogP contribution in [0.5, 0.6) is 5.75 Å². The molecule has 130 valence electrons. The first-order valence-electron chi connectivity index (χ1n) is 8.69. The molecule has 0 aromatic heterocycles. The number of hydrogen-bond acceptors (Lipinski definition) is 4. The van der Waals surface area contributed by atoms with Gasteiger partial charge in [-0.3, -0.25) is 9.69 Å². The average molecular weight is 338 g/mol. The number of nitrogens with one attached hydrogen (secondary N) is 1. The van der Waals surface area contributed by atoms with Crippen molar-refractivity contribution in [1.82, 2.24) is 10.2 Å². The van der Waals surface area contributed by atoms with Crippen LogP contribution in [0.4, 0.5) is 0 Å². The second-order valence-electron chi connectivity index (χ2n) is 6.49. The number of rotatable bonds is 4. The van der Waals surface area contributed by atoms with E-state index in [4.69, 9.17) is 9.47 Å². The van der Waals surface area contributed by atoms with Gasteiger partial charge in [-0.1, -0.05) is 48.5 Å². The van der Waals surface area contributed by atoms with Crippen LogP contribution >= 0.6 is 0 Å². The van der Waals surface area contributed by atoms with E-state index in [2.05, 4.69) is 22.3 Å². The maximum absolute atomic E-state index is 12.6. The van der Waals surface area contributed by atoms with E-state index >= 15 is 0 Å². The van der Waals surface area contributed by atoms with E-state index in [1.165, 1.54) is 5.56 Å². The highest BCUT2D eigenvalue weighted by molar-refractivity contribution is 5.81. The van der Waals surface area contributed by atoms with Gasteiger partial charge in [-0.15, -0.1) is 0 Å². The maximum Gasteiger partial charge on any atom is 0.251 e. The van der Waals surface area contributed by atoms with Gasteiger partial charge in [0.2, 0.25) is 0 Å². The second-order valence-corrected chi connectivity index (χ2v) is 6.49. The van der Waals surface area contributed by atoms with Crippen LogP contribution in [0.25, 0.3) is 0 Å². The van der Waals surface area contributed by atoms with Gasteiger partial charge in [-0.25, -0.2) is 0 Å². The summed E-state index contributed by atoms with van der Waals surface area (Å²) in [4.78, 5) is 14.9. The van der Waals surface area contributed by atoms with Crippen LogP contribution in [0.15, 0.2) is 54.6 Å². The number of amides is 1. The highest BCUT2D eigenvalue weighted by Gasteiger charge is 2.31. The van der Waals surface area contributed by atoms with Crippen molar-refractivity contribution in [2.24, 2.45) is 0 Å². The summed E-state index contributed by atoms with van der Waals surface area (Å²) in [7, 11) is 0. The Morgan fingerprint density at radius 2 is 1.92 bits per heavy atom. The summed E-state index contributed by atoms with van der Waals surface area (Å²) in [5.74, 6) is 0.783. The summed E-state index contributed by atoms with van der Waals surface area (Å²) in [5.41, 5.74) is 2.29. The van der Waals surface area contributed by atoms with E-state index in [0.29, 0.717) is 19.8 Å². The minimum absolute atomic E-state index is 0.0666. The zero-order valence-electron chi connectivity index (χ0n) is 14.1. The van der Waals surface area contributed by atoms with Gasteiger partial charge in [-0.2, -0.15) is 0 Å². The summed E-state index contributed by atoms with van der Waals surface area (Å²) < 4.78 is 11.3. The van der Waals surface area contributed by atoms with Crippen molar-refractivity contribution in [3.8, 4) is 5.75 Å². The monoisotopic (exact) mass is 338 g/mol. The maximum atomic E-state index is 12.6. The zero-order valence-corrected chi connectivity index (χ0v) is 14.1. The molecule has 0 saturated carbocycles. The molecular formula is C20H22N2O3. The molecule has 0 unspecified atom stereocenters. The molecule has 5 heteroatoms. The van der Waals surface area contributed by atoms with Gasteiger partial charge >= 0.3 is 0 Å². The van der Waals surface area contributed by atoms with Crippen molar-refractivity contribution in [2.75, 3.05) is 26.3 Å². The molecule has 0 aliphatic carbocycles. The first-order chi connectivity index (χ1) is 12.3. The Balaban J connectivity index is 1.36. The number of carbonyl (C=O) groups excluding carboxylic acids is 1. The number of nitrogens with zero attached hydrogens (tertiary/aromatic N) is 1.